The van der Waals surface area contributed by atoms with Crippen LogP contribution in [0.1, 0.15) is 102 Å². The van der Waals surface area contributed by atoms with Crippen molar-refractivity contribution < 1.29 is 9.90 Å². The average molecular weight is 429 g/mol. The second kappa shape index (κ2) is 15.2. The molecule has 0 heterocycles. The normalized spacial score (nSPS) is 14.5. The van der Waals surface area contributed by atoms with Crippen LogP contribution in [-0.2, 0) is 9.67 Å². The molecule has 0 saturated heterocycles. The summed E-state index contributed by atoms with van der Waals surface area (Å²) < 4.78 is 0. The number of carboxylic acid groups (broad SMARTS) is 1. The topological polar surface area (TPSA) is 37.3 Å². The van der Waals surface area contributed by atoms with Gasteiger partial charge in [-0.15, -0.1) is 11.6 Å². The van der Waals surface area contributed by atoms with Gasteiger partial charge in [0.1, 0.15) is 0 Å². The predicted octanol–water partition coefficient (Wildman–Crippen LogP) is 8.29. The van der Waals surface area contributed by atoms with Crippen molar-refractivity contribution in [3.63, 3.8) is 0 Å². The Morgan fingerprint density at radius 1 is 0.857 bits per heavy atom. The highest BCUT2D eigenvalue weighted by molar-refractivity contribution is 6.40. The molecule has 0 amide bonds. The van der Waals surface area contributed by atoms with Gasteiger partial charge in [0.2, 0.25) is 0 Å². The number of alkyl halides is 2. The van der Waals surface area contributed by atoms with E-state index in [1.54, 1.807) is 24.3 Å². The minimum Gasteiger partial charge on any atom is -0.480 e. The molecular weight excluding hydrogens is 391 g/mol. The van der Waals surface area contributed by atoms with E-state index in [0.29, 0.717) is 12.0 Å². The number of rotatable bonds is 17. The lowest BCUT2D eigenvalue weighted by Gasteiger charge is -2.28. The van der Waals surface area contributed by atoms with Crippen LogP contribution in [0.25, 0.3) is 0 Å². The first-order valence-electron chi connectivity index (χ1n) is 11.1. The van der Waals surface area contributed by atoms with Crippen LogP contribution < -0.4 is 0 Å². The van der Waals surface area contributed by atoms with E-state index < -0.39 is 16.2 Å². The van der Waals surface area contributed by atoms with Gasteiger partial charge in [0.15, 0.2) is 4.87 Å². The molecular formula is C24H38Cl2O2. The van der Waals surface area contributed by atoms with E-state index in [1.165, 1.54) is 70.6 Å². The number of hydrogen-bond donors (Lipinski definition) is 1. The number of aliphatic carboxylic acids is 1. The lowest BCUT2D eigenvalue weighted by Crippen LogP contribution is -2.38. The number of unbranched alkanes of at least 4 members (excludes halogenated alkanes) is 12. The maximum atomic E-state index is 11.8. The first-order chi connectivity index (χ1) is 13.5. The molecule has 2 atom stereocenters. The van der Waals surface area contributed by atoms with Crippen LogP contribution in [0.3, 0.4) is 0 Å². The van der Waals surface area contributed by atoms with Gasteiger partial charge in [0.05, 0.1) is 5.38 Å². The van der Waals surface area contributed by atoms with E-state index in [0.717, 1.165) is 12.8 Å². The largest absolute Gasteiger partial charge is 0.480 e. The van der Waals surface area contributed by atoms with Crippen molar-refractivity contribution in [2.45, 2.75) is 107 Å². The molecule has 0 spiro atoms. The van der Waals surface area contributed by atoms with Gasteiger partial charge in [0.25, 0.3) is 0 Å². The highest BCUT2D eigenvalue weighted by atomic mass is 35.5. The molecule has 0 aliphatic rings. The predicted molar refractivity (Wildman–Crippen MR) is 122 cm³/mol. The van der Waals surface area contributed by atoms with Crippen molar-refractivity contribution in [2.75, 3.05) is 0 Å². The Hall–Kier alpha value is -0.730. The van der Waals surface area contributed by atoms with Crippen molar-refractivity contribution in [1.29, 1.82) is 0 Å². The molecule has 28 heavy (non-hydrogen) atoms. The van der Waals surface area contributed by atoms with Crippen LogP contribution in [0.15, 0.2) is 30.3 Å². The molecule has 0 fully saturated rings. The quantitative estimate of drug-likeness (QED) is 0.200. The van der Waals surface area contributed by atoms with Crippen LogP contribution in [0, 0.1) is 0 Å². The second-order valence-electron chi connectivity index (χ2n) is 7.88. The van der Waals surface area contributed by atoms with Crippen molar-refractivity contribution in [3.8, 4) is 0 Å². The third-order valence-electron chi connectivity index (χ3n) is 5.50. The number of carboxylic acids is 1. The number of benzene rings is 1. The molecule has 160 valence electrons. The van der Waals surface area contributed by atoms with Crippen LogP contribution in [0.2, 0.25) is 0 Å². The third-order valence-corrected chi connectivity index (χ3v) is 6.80. The van der Waals surface area contributed by atoms with Gasteiger partial charge in [-0.25, -0.2) is 4.79 Å². The number of halogens is 2. The highest BCUT2D eigenvalue weighted by Crippen LogP contribution is 2.38. The van der Waals surface area contributed by atoms with Crippen LogP contribution in [0.4, 0.5) is 0 Å². The fourth-order valence-electron chi connectivity index (χ4n) is 3.66. The Kier molecular flexibility index (Phi) is 13.7. The summed E-state index contributed by atoms with van der Waals surface area (Å²) in [4.78, 5) is 10.2. The third kappa shape index (κ3) is 9.18. The van der Waals surface area contributed by atoms with Gasteiger partial charge in [0, 0.05) is 0 Å². The van der Waals surface area contributed by atoms with Gasteiger partial charge in [-0.3, -0.25) is 0 Å². The van der Waals surface area contributed by atoms with Crippen LogP contribution in [0.5, 0.6) is 0 Å². The summed E-state index contributed by atoms with van der Waals surface area (Å²) in [6.45, 7) is 2.26. The van der Waals surface area contributed by atoms with E-state index >= 15 is 0 Å². The molecule has 0 radical (unpaired) electrons. The summed E-state index contributed by atoms with van der Waals surface area (Å²) >= 11 is 12.9. The molecule has 1 aromatic rings. The lowest BCUT2D eigenvalue weighted by atomic mass is 9.91. The van der Waals surface area contributed by atoms with Crippen LogP contribution in [-0.4, -0.2) is 16.5 Å². The Labute approximate surface area is 182 Å². The molecule has 1 N–H and O–H groups in total. The Balaban J connectivity index is 2.13. The van der Waals surface area contributed by atoms with E-state index in [4.69, 9.17) is 23.2 Å². The number of hydrogen-bond acceptors (Lipinski definition) is 1. The molecule has 2 unspecified atom stereocenters. The minimum absolute atomic E-state index is 0.555. The van der Waals surface area contributed by atoms with Crippen molar-refractivity contribution in [1.82, 2.24) is 0 Å². The second-order valence-corrected chi connectivity index (χ2v) is 9.00. The van der Waals surface area contributed by atoms with Crippen molar-refractivity contribution >= 4 is 29.2 Å². The first kappa shape index (κ1) is 25.3. The van der Waals surface area contributed by atoms with Gasteiger partial charge in [-0.05, 0) is 12.0 Å². The Morgan fingerprint density at radius 3 is 1.71 bits per heavy atom. The fraction of sp³-hybridized carbons (Fsp3) is 0.708. The van der Waals surface area contributed by atoms with Gasteiger partial charge >= 0.3 is 5.97 Å². The molecule has 2 nitrogen and oxygen atoms in total. The summed E-state index contributed by atoms with van der Waals surface area (Å²) in [5, 5.41) is 9.02. The highest BCUT2D eigenvalue weighted by Gasteiger charge is 2.44. The van der Waals surface area contributed by atoms with E-state index in [2.05, 4.69) is 6.92 Å². The van der Waals surface area contributed by atoms with Crippen molar-refractivity contribution in [2.24, 2.45) is 0 Å². The van der Waals surface area contributed by atoms with Gasteiger partial charge in [-0.2, -0.15) is 0 Å². The van der Waals surface area contributed by atoms with E-state index in [1.807, 2.05) is 6.07 Å². The molecule has 0 aromatic heterocycles. The zero-order chi connectivity index (χ0) is 20.7. The Bertz CT molecular complexity index is 521. The summed E-state index contributed by atoms with van der Waals surface area (Å²) in [6.07, 6.45) is 17.3. The molecule has 0 aliphatic carbocycles. The number of carbonyl (C=O) groups is 1. The monoisotopic (exact) mass is 428 g/mol. The van der Waals surface area contributed by atoms with E-state index in [9.17, 15) is 9.90 Å². The molecule has 1 rings (SSSR count). The SMILES string of the molecule is CCCCCCCCCCCCCCCC(Cl)C(Cl)(C(=O)O)c1ccccc1. The van der Waals surface area contributed by atoms with E-state index in [-0.39, 0.29) is 0 Å². The minimum atomic E-state index is -1.56. The summed E-state index contributed by atoms with van der Waals surface area (Å²) in [6, 6.07) is 8.91. The summed E-state index contributed by atoms with van der Waals surface area (Å²) in [5.41, 5.74) is 0.555. The average Bonchev–Trinajstić information content (AvgIpc) is 2.71. The molecule has 0 saturated carbocycles. The standard InChI is InChI=1S/C24H38Cl2O2/c1-2-3-4-5-6-7-8-9-10-11-12-13-17-20-22(25)24(26,23(27)28)21-18-15-14-16-19-21/h14-16,18-19,22H,2-13,17,20H2,1H3,(H,27,28). The molecule has 4 heteroatoms. The first-order valence-corrected chi connectivity index (χ1v) is 12.0. The lowest BCUT2D eigenvalue weighted by molar-refractivity contribution is -0.140. The maximum Gasteiger partial charge on any atom is 0.330 e. The maximum absolute atomic E-state index is 11.8. The van der Waals surface area contributed by atoms with Crippen molar-refractivity contribution in [3.05, 3.63) is 35.9 Å². The van der Waals surface area contributed by atoms with Crippen LogP contribution >= 0.6 is 23.2 Å². The smallest absolute Gasteiger partial charge is 0.330 e. The molecule has 0 aliphatic heterocycles. The zero-order valence-electron chi connectivity index (χ0n) is 17.5. The Morgan fingerprint density at radius 2 is 1.29 bits per heavy atom. The van der Waals surface area contributed by atoms with Gasteiger partial charge < -0.3 is 5.11 Å². The summed E-state index contributed by atoms with van der Waals surface area (Å²) in [5.74, 6) is -1.07. The fourth-order valence-corrected chi connectivity index (χ4v) is 4.27. The zero-order valence-corrected chi connectivity index (χ0v) is 19.0. The van der Waals surface area contributed by atoms with Gasteiger partial charge in [-0.1, -0.05) is 132 Å². The molecule has 1 aromatic carbocycles. The molecule has 0 bridgehead atoms. The summed E-state index contributed by atoms with van der Waals surface area (Å²) in [7, 11) is 0.